The average Bonchev–Trinajstić information content (AvgIpc) is 2.73. The van der Waals surface area contributed by atoms with Gasteiger partial charge in [-0.25, -0.2) is 0 Å². The molecular formula is C20H31O2-. The third-order valence-electron chi connectivity index (χ3n) is 8.50. The van der Waals surface area contributed by atoms with E-state index in [4.69, 9.17) is 0 Å². The topological polar surface area (TPSA) is 43.3 Å². The molecule has 0 heterocycles. The van der Waals surface area contributed by atoms with Gasteiger partial charge in [0.05, 0.1) is 5.60 Å². The van der Waals surface area contributed by atoms with E-state index in [1.807, 2.05) is 0 Å². The largest absolute Gasteiger partial charge is 0.849 e. The molecule has 0 aromatic carbocycles. The van der Waals surface area contributed by atoms with Crippen LogP contribution in [0.5, 0.6) is 0 Å². The van der Waals surface area contributed by atoms with E-state index in [1.54, 1.807) is 5.57 Å². The van der Waals surface area contributed by atoms with E-state index in [0.29, 0.717) is 11.8 Å². The van der Waals surface area contributed by atoms with Crippen LogP contribution in [0.1, 0.15) is 72.1 Å². The smallest absolute Gasteiger partial charge is 0.0675 e. The summed E-state index contributed by atoms with van der Waals surface area (Å²) in [7, 11) is 0. The van der Waals surface area contributed by atoms with Crippen LogP contribution in [0.2, 0.25) is 0 Å². The second-order valence-electron chi connectivity index (χ2n) is 9.12. The Labute approximate surface area is 135 Å². The zero-order chi connectivity index (χ0) is 15.7. The van der Waals surface area contributed by atoms with E-state index < -0.39 is 11.7 Å². The van der Waals surface area contributed by atoms with E-state index in [2.05, 4.69) is 20.8 Å². The van der Waals surface area contributed by atoms with Crippen molar-refractivity contribution in [3.8, 4) is 0 Å². The molecule has 3 saturated carbocycles. The summed E-state index contributed by atoms with van der Waals surface area (Å²) in [6.45, 7) is 6.53. The van der Waals surface area contributed by atoms with Crippen molar-refractivity contribution < 1.29 is 10.2 Å². The van der Waals surface area contributed by atoms with Crippen molar-refractivity contribution in [1.82, 2.24) is 0 Å². The molecule has 22 heavy (non-hydrogen) atoms. The molecule has 0 aromatic rings. The fraction of sp³-hybridized carbons (Fsp3) is 0.900. The van der Waals surface area contributed by atoms with E-state index in [-0.39, 0.29) is 5.41 Å². The maximum Gasteiger partial charge on any atom is 0.0675 e. The molecule has 4 aliphatic rings. The van der Waals surface area contributed by atoms with Crippen LogP contribution in [0.4, 0.5) is 0 Å². The molecule has 0 radical (unpaired) electrons. The van der Waals surface area contributed by atoms with Gasteiger partial charge >= 0.3 is 0 Å². The van der Waals surface area contributed by atoms with Gasteiger partial charge in [-0.2, -0.15) is 0 Å². The highest BCUT2D eigenvalue weighted by molar-refractivity contribution is 5.26. The molecule has 7 atom stereocenters. The Bertz CT molecular complexity index is 506. The van der Waals surface area contributed by atoms with Gasteiger partial charge in [-0.1, -0.05) is 24.5 Å². The molecule has 0 aromatic heterocycles. The zero-order valence-corrected chi connectivity index (χ0v) is 14.4. The second kappa shape index (κ2) is 4.83. The van der Waals surface area contributed by atoms with Crippen LogP contribution in [-0.2, 0) is 0 Å². The Morgan fingerprint density at radius 1 is 1.00 bits per heavy atom. The Balaban J connectivity index is 1.65. The van der Waals surface area contributed by atoms with E-state index in [9.17, 15) is 10.2 Å². The van der Waals surface area contributed by atoms with Crippen LogP contribution in [0.25, 0.3) is 0 Å². The average molecular weight is 303 g/mol. The Morgan fingerprint density at radius 2 is 1.77 bits per heavy atom. The Kier molecular flexibility index (Phi) is 3.34. The third-order valence-corrected chi connectivity index (χ3v) is 8.50. The summed E-state index contributed by atoms with van der Waals surface area (Å²) in [6, 6.07) is 0. The molecule has 2 nitrogen and oxygen atoms in total. The minimum absolute atomic E-state index is 0.125. The zero-order valence-electron chi connectivity index (χ0n) is 14.4. The molecule has 0 saturated heterocycles. The first-order valence-electron chi connectivity index (χ1n) is 9.43. The number of fused-ring (bicyclic) bond motifs is 5. The van der Waals surface area contributed by atoms with Gasteiger partial charge in [0, 0.05) is 0 Å². The summed E-state index contributed by atoms with van der Waals surface area (Å²) in [5, 5.41) is 23.0. The number of allylic oxidation sites excluding steroid dienone is 1. The molecule has 6 unspecified atom stereocenters. The summed E-state index contributed by atoms with van der Waals surface area (Å²) >= 11 is 0. The standard InChI is InChI=1S/C20H31O2/c1-12-13-4-5-16-15(14(13)6-7-18(12)21)8-10-19(2)17(16)9-11-20(19,3)22/h14-18,22H,4-11H2,1-3H3/q-1/t14?,15?,16?,17?,18?,19?,20-/m0/s1. The van der Waals surface area contributed by atoms with Crippen LogP contribution in [0, 0.1) is 29.1 Å². The van der Waals surface area contributed by atoms with Crippen molar-refractivity contribution in [2.75, 3.05) is 0 Å². The fourth-order valence-corrected chi connectivity index (χ4v) is 6.87. The second-order valence-corrected chi connectivity index (χ2v) is 9.12. The van der Waals surface area contributed by atoms with Crippen LogP contribution in [-0.4, -0.2) is 16.8 Å². The van der Waals surface area contributed by atoms with Crippen molar-refractivity contribution >= 4 is 0 Å². The van der Waals surface area contributed by atoms with Gasteiger partial charge in [0.2, 0.25) is 0 Å². The minimum Gasteiger partial charge on any atom is -0.849 e. The van der Waals surface area contributed by atoms with Gasteiger partial charge in [-0.15, -0.1) is 6.10 Å². The molecule has 0 spiro atoms. The maximum absolute atomic E-state index is 12.1. The molecule has 4 rings (SSSR count). The van der Waals surface area contributed by atoms with Crippen molar-refractivity contribution in [2.45, 2.75) is 83.8 Å². The summed E-state index contributed by atoms with van der Waals surface area (Å²) in [6.07, 6.45) is 8.59. The molecule has 2 heteroatoms. The lowest BCUT2D eigenvalue weighted by Crippen LogP contribution is -2.52. The van der Waals surface area contributed by atoms with Gasteiger partial charge < -0.3 is 10.2 Å². The first-order chi connectivity index (χ1) is 10.3. The van der Waals surface area contributed by atoms with Crippen LogP contribution in [0.3, 0.4) is 0 Å². The molecule has 3 fully saturated rings. The SMILES string of the molecule is CC1=C2CCC3C(CCC4(C)C3CC[C@]4(C)O)C2CCC1[O-]. The molecule has 4 aliphatic carbocycles. The van der Waals surface area contributed by atoms with Gasteiger partial charge in [0.25, 0.3) is 0 Å². The number of hydrogen-bond acceptors (Lipinski definition) is 2. The number of rotatable bonds is 0. The Hall–Kier alpha value is -0.340. The molecular weight excluding hydrogens is 272 g/mol. The predicted molar refractivity (Wildman–Crippen MR) is 86.1 cm³/mol. The van der Waals surface area contributed by atoms with Gasteiger partial charge in [-0.3, -0.25) is 0 Å². The van der Waals surface area contributed by atoms with Gasteiger partial charge in [0.15, 0.2) is 0 Å². The normalized spacial score (nSPS) is 54.7. The lowest BCUT2D eigenvalue weighted by atomic mass is 9.50. The summed E-state index contributed by atoms with van der Waals surface area (Å²) in [4.78, 5) is 0. The monoisotopic (exact) mass is 303 g/mol. The fourth-order valence-electron chi connectivity index (χ4n) is 6.87. The third kappa shape index (κ3) is 1.86. The summed E-state index contributed by atoms with van der Waals surface area (Å²) in [5.74, 6) is 2.97. The maximum atomic E-state index is 12.1. The summed E-state index contributed by atoms with van der Waals surface area (Å²) in [5.41, 5.74) is 2.38. The highest BCUT2D eigenvalue weighted by Crippen LogP contribution is 2.64. The van der Waals surface area contributed by atoms with E-state index in [0.717, 1.165) is 37.5 Å². The molecule has 0 bridgehead atoms. The number of hydrogen-bond donors (Lipinski definition) is 1. The predicted octanol–water partition coefficient (Wildman–Crippen LogP) is 3.43. The van der Waals surface area contributed by atoms with Crippen molar-refractivity contribution in [2.24, 2.45) is 29.1 Å². The van der Waals surface area contributed by atoms with Crippen molar-refractivity contribution in [3.63, 3.8) is 0 Å². The molecule has 124 valence electrons. The van der Waals surface area contributed by atoms with Crippen LogP contribution in [0.15, 0.2) is 11.1 Å². The van der Waals surface area contributed by atoms with E-state index >= 15 is 0 Å². The van der Waals surface area contributed by atoms with Crippen LogP contribution < -0.4 is 5.11 Å². The van der Waals surface area contributed by atoms with E-state index in [1.165, 1.54) is 31.3 Å². The lowest BCUT2D eigenvalue weighted by Gasteiger charge is -2.56. The van der Waals surface area contributed by atoms with Gasteiger partial charge in [-0.05, 0) is 87.9 Å². The number of aliphatic hydroxyl groups is 1. The van der Waals surface area contributed by atoms with Crippen LogP contribution >= 0.6 is 0 Å². The van der Waals surface area contributed by atoms with Gasteiger partial charge in [0.1, 0.15) is 0 Å². The molecule has 0 aliphatic heterocycles. The first kappa shape index (κ1) is 15.2. The minimum atomic E-state index is -0.471. The van der Waals surface area contributed by atoms with Crippen molar-refractivity contribution in [1.29, 1.82) is 0 Å². The highest BCUT2D eigenvalue weighted by atomic mass is 16.3. The van der Waals surface area contributed by atoms with Crippen molar-refractivity contribution in [3.05, 3.63) is 11.1 Å². The lowest BCUT2D eigenvalue weighted by molar-refractivity contribution is -0.410. The Morgan fingerprint density at radius 3 is 2.55 bits per heavy atom. The quantitative estimate of drug-likeness (QED) is 0.697. The highest BCUT2D eigenvalue weighted by Gasteiger charge is 2.60. The first-order valence-corrected chi connectivity index (χ1v) is 9.43. The molecule has 0 amide bonds. The summed E-state index contributed by atoms with van der Waals surface area (Å²) < 4.78 is 0. The molecule has 1 N–H and O–H groups in total.